The number of rotatable bonds is 2. The molecule has 0 aromatic carbocycles. The molecule has 1 aliphatic rings. The van der Waals surface area contributed by atoms with Gasteiger partial charge in [0.25, 0.3) is 5.91 Å². The van der Waals surface area contributed by atoms with E-state index in [0.29, 0.717) is 0 Å². The Morgan fingerprint density at radius 1 is 1.53 bits per heavy atom. The fourth-order valence-electron chi connectivity index (χ4n) is 1.74. The quantitative estimate of drug-likeness (QED) is 0.363. The highest BCUT2D eigenvalue weighted by Crippen LogP contribution is 2.27. The lowest BCUT2D eigenvalue weighted by Gasteiger charge is -2.40. The molecule has 1 fully saturated rings. The molecule has 2 amide bonds. The average Bonchev–Trinajstić information content (AvgIpc) is 2.35. The summed E-state index contributed by atoms with van der Waals surface area (Å²) in [6.45, 7) is 2.94. The van der Waals surface area contributed by atoms with Crippen molar-refractivity contribution < 1.29 is 14.0 Å². The van der Waals surface area contributed by atoms with Crippen molar-refractivity contribution in [3.63, 3.8) is 0 Å². The lowest BCUT2D eigenvalue weighted by molar-refractivity contribution is -0.135. The SMILES string of the molecule is CC1(C)C(=O)NC(=O)CN1c1nc(NN)ncc1F. The molecule has 0 aliphatic carbocycles. The highest BCUT2D eigenvalue weighted by molar-refractivity contribution is 6.06. The van der Waals surface area contributed by atoms with E-state index in [2.05, 4.69) is 20.7 Å². The number of hydrogen-bond acceptors (Lipinski definition) is 7. The zero-order chi connectivity index (χ0) is 14.2. The van der Waals surface area contributed by atoms with E-state index < -0.39 is 23.2 Å². The van der Waals surface area contributed by atoms with E-state index in [4.69, 9.17) is 5.84 Å². The van der Waals surface area contributed by atoms with Gasteiger partial charge in [0.15, 0.2) is 11.6 Å². The molecule has 8 nitrogen and oxygen atoms in total. The van der Waals surface area contributed by atoms with Crippen LogP contribution in [0.15, 0.2) is 6.20 Å². The van der Waals surface area contributed by atoms with Gasteiger partial charge in [0.05, 0.1) is 12.7 Å². The van der Waals surface area contributed by atoms with Crippen molar-refractivity contribution in [2.45, 2.75) is 19.4 Å². The van der Waals surface area contributed by atoms with Crippen LogP contribution in [-0.4, -0.2) is 33.9 Å². The molecule has 1 aromatic heterocycles. The maximum absolute atomic E-state index is 13.8. The second-order valence-electron chi connectivity index (χ2n) is 4.53. The molecule has 0 unspecified atom stereocenters. The summed E-state index contributed by atoms with van der Waals surface area (Å²) in [6, 6.07) is 0. The number of hydrogen-bond donors (Lipinski definition) is 3. The first kappa shape index (κ1) is 13.1. The topological polar surface area (TPSA) is 113 Å². The summed E-state index contributed by atoms with van der Waals surface area (Å²) in [5.41, 5.74) is 1.07. The van der Waals surface area contributed by atoms with Gasteiger partial charge in [0.2, 0.25) is 11.9 Å². The zero-order valence-corrected chi connectivity index (χ0v) is 10.4. The van der Waals surface area contributed by atoms with Crippen LogP contribution in [0, 0.1) is 5.82 Å². The second kappa shape index (κ2) is 4.43. The van der Waals surface area contributed by atoms with E-state index in [-0.39, 0.29) is 18.3 Å². The number of imide groups is 1. The van der Waals surface area contributed by atoms with Crippen LogP contribution in [0.25, 0.3) is 0 Å². The summed E-state index contributed by atoms with van der Waals surface area (Å²) >= 11 is 0. The molecule has 9 heteroatoms. The summed E-state index contributed by atoms with van der Waals surface area (Å²) in [6.07, 6.45) is 0.921. The predicted molar refractivity (Wildman–Crippen MR) is 64.4 cm³/mol. The number of amides is 2. The van der Waals surface area contributed by atoms with Gasteiger partial charge in [0.1, 0.15) is 5.54 Å². The summed E-state index contributed by atoms with van der Waals surface area (Å²) in [5.74, 6) is 3.20. The Labute approximate surface area is 108 Å². The number of carbonyl (C=O) groups is 2. The molecule has 0 spiro atoms. The number of nitrogens with one attached hydrogen (secondary N) is 2. The number of halogens is 1. The Bertz CT molecular complexity index is 547. The number of aromatic nitrogens is 2. The van der Waals surface area contributed by atoms with Gasteiger partial charge in [-0.1, -0.05) is 0 Å². The van der Waals surface area contributed by atoms with Crippen LogP contribution < -0.4 is 21.5 Å². The highest BCUT2D eigenvalue weighted by Gasteiger charge is 2.42. The van der Waals surface area contributed by atoms with Gasteiger partial charge in [-0.25, -0.2) is 15.2 Å². The minimum absolute atomic E-state index is 0.00868. The van der Waals surface area contributed by atoms with Crippen molar-refractivity contribution in [1.82, 2.24) is 15.3 Å². The summed E-state index contributed by atoms with van der Waals surface area (Å²) < 4.78 is 13.8. The number of hydrazine groups is 1. The molecule has 0 radical (unpaired) electrons. The number of piperazine rings is 1. The van der Waals surface area contributed by atoms with Crippen molar-refractivity contribution in [2.24, 2.45) is 5.84 Å². The van der Waals surface area contributed by atoms with E-state index in [0.717, 1.165) is 6.20 Å². The van der Waals surface area contributed by atoms with Crippen LogP contribution in [0.2, 0.25) is 0 Å². The Morgan fingerprint density at radius 3 is 2.84 bits per heavy atom. The average molecular weight is 268 g/mol. The molecule has 1 aromatic rings. The van der Waals surface area contributed by atoms with Crippen molar-refractivity contribution in [3.8, 4) is 0 Å². The summed E-state index contributed by atoms with van der Waals surface area (Å²) in [4.78, 5) is 32.0. The van der Waals surface area contributed by atoms with E-state index in [1.54, 1.807) is 13.8 Å². The molecule has 0 bridgehead atoms. The van der Waals surface area contributed by atoms with E-state index in [9.17, 15) is 14.0 Å². The van der Waals surface area contributed by atoms with Gasteiger partial charge >= 0.3 is 0 Å². The van der Waals surface area contributed by atoms with Crippen LogP contribution in [0.3, 0.4) is 0 Å². The van der Waals surface area contributed by atoms with Gasteiger partial charge in [-0.05, 0) is 13.8 Å². The van der Waals surface area contributed by atoms with Crippen LogP contribution >= 0.6 is 0 Å². The van der Waals surface area contributed by atoms with E-state index >= 15 is 0 Å². The van der Waals surface area contributed by atoms with Gasteiger partial charge in [0, 0.05) is 0 Å². The molecular weight excluding hydrogens is 255 g/mol. The molecule has 1 aliphatic heterocycles. The first-order valence-corrected chi connectivity index (χ1v) is 5.47. The zero-order valence-electron chi connectivity index (χ0n) is 10.4. The maximum atomic E-state index is 13.8. The highest BCUT2D eigenvalue weighted by atomic mass is 19.1. The van der Waals surface area contributed by atoms with Crippen LogP contribution in [-0.2, 0) is 9.59 Å². The Morgan fingerprint density at radius 2 is 2.21 bits per heavy atom. The van der Waals surface area contributed by atoms with Crippen molar-refractivity contribution >= 4 is 23.6 Å². The summed E-state index contributed by atoms with van der Waals surface area (Å²) in [5, 5.41) is 2.19. The first-order chi connectivity index (χ1) is 8.86. The van der Waals surface area contributed by atoms with E-state index in [1.165, 1.54) is 4.90 Å². The third kappa shape index (κ3) is 2.19. The van der Waals surface area contributed by atoms with Gasteiger partial charge < -0.3 is 4.90 Å². The van der Waals surface area contributed by atoms with Gasteiger partial charge in [-0.15, -0.1) is 0 Å². The number of nitrogen functional groups attached to an aromatic ring is 1. The van der Waals surface area contributed by atoms with Crippen LogP contribution in [0.4, 0.5) is 16.2 Å². The lowest BCUT2D eigenvalue weighted by Crippen LogP contribution is -2.64. The lowest BCUT2D eigenvalue weighted by atomic mass is 9.99. The number of anilines is 2. The monoisotopic (exact) mass is 268 g/mol. The summed E-state index contributed by atoms with van der Waals surface area (Å²) in [7, 11) is 0. The van der Waals surface area contributed by atoms with Crippen molar-refractivity contribution in [3.05, 3.63) is 12.0 Å². The molecule has 0 saturated carbocycles. The molecule has 1 saturated heterocycles. The first-order valence-electron chi connectivity index (χ1n) is 5.47. The van der Waals surface area contributed by atoms with Gasteiger partial charge in [-0.2, -0.15) is 4.98 Å². The van der Waals surface area contributed by atoms with Crippen LogP contribution in [0.5, 0.6) is 0 Å². The Balaban J connectivity index is 2.49. The molecular formula is C10H13FN6O2. The van der Waals surface area contributed by atoms with E-state index in [1.807, 2.05) is 0 Å². The fraction of sp³-hybridized carbons (Fsp3) is 0.400. The molecule has 19 heavy (non-hydrogen) atoms. The Kier molecular flexibility index (Phi) is 3.06. The standard InChI is InChI=1S/C10H13FN6O2/c1-10(2)8(19)14-6(18)4-17(10)7-5(11)3-13-9(15-7)16-12/h3H,4,12H2,1-2H3,(H,13,15,16)(H,14,18,19). The molecule has 102 valence electrons. The Hall–Kier alpha value is -2.29. The molecule has 0 atom stereocenters. The van der Waals surface area contributed by atoms with Gasteiger partial charge in [-0.3, -0.25) is 20.3 Å². The fourth-order valence-corrected chi connectivity index (χ4v) is 1.74. The smallest absolute Gasteiger partial charge is 0.251 e. The van der Waals surface area contributed by atoms with Crippen molar-refractivity contribution in [1.29, 1.82) is 0 Å². The number of nitrogens with two attached hydrogens (primary N) is 1. The van der Waals surface area contributed by atoms with Crippen molar-refractivity contribution in [2.75, 3.05) is 16.9 Å². The number of carbonyl (C=O) groups excluding carboxylic acids is 2. The molecule has 2 rings (SSSR count). The maximum Gasteiger partial charge on any atom is 0.251 e. The number of nitrogens with zero attached hydrogens (tertiary/aromatic N) is 3. The third-order valence-electron chi connectivity index (χ3n) is 2.90. The van der Waals surface area contributed by atoms with Crippen LogP contribution in [0.1, 0.15) is 13.8 Å². The minimum atomic E-state index is -1.12. The molecule has 2 heterocycles. The largest absolute Gasteiger partial charge is 0.331 e. The second-order valence-corrected chi connectivity index (χ2v) is 4.53. The molecule has 4 N–H and O–H groups in total. The predicted octanol–water partition coefficient (Wildman–Crippen LogP) is -0.857. The normalized spacial score (nSPS) is 18.2. The third-order valence-corrected chi connectivity index (χ3v) is 2.90. The minimum Gasteiger partial charge on any atom is -0.331 e.